The van der Waals surface area contributed by atoms with Crippen LogP contribution in [-0.2, 0) is 14.3 Å². The highest BCUT2D eigenvalue weighted by Gasteiger charge is 2.54. The number of aliphatic hydroxyl groups is 1. The fourth-order valence-corrected chi connectivity index (χ4v) is 1.95. The molecule has 2 aliphatic rings. The number of hydrogen-bond acceptors (Lipinski definition) is 4. The summed E-state index contributed by atoms with van der Waals surface area (Å²) in [6, 6.07) is 0. The third-order valence-electron chi connectivity index (χ3n) is 2.58. The van der Waals surface area contributed by atoms with Gasteiger partial charge in [0.25, 0.3) is 5.91 Å². The quantitative estimate of drug-likeness (QED) is 0.551. The SMILES string of the molecule is CCO.NC(=O)C1=CC2CCC1(C(N)=O)O2. The Bertz CT molecular complexity index is 340. The van der Waals surface area contributed by atoms with Gasteiger partial charge in [-0.2, -0.15) is 0 Å². The van der Waals surface area contributed by atoms with Gasteiger partial charge in [-0.15, -0.1) is 0 Å². The fraction of sp³-hybridized carbons (Fsp3) is 0.600. The van der Waals surface area contributed by atoms with E-state index >= 15 is 0 Å². The second-order valence-corrected chi connectivity index (χ2v) is 3.65. The van der Waals surface area contributed by atoms with Crippen molar-refractivity contribution in [1.29, 1.82) is 0 Å². The van der Waals surface area contributed by atoms with Crippen molar-refractivity contribution in [2.24, 2.45) is 11.5 Å². The fourth-order valence-electron chi connectivity index (χ4n) is 1.95. The van der Waals surface area contributed by atoms with Crippen LogP contribution in [0.5, 0.6) is 0 Å². The molecule has 2 amide bonds. The Morgan fingerprint density at radius 2 is 2.19 bits per heavy atom. The van der Waals surface area contributed by atoms with Crippen molar-refractivity contribution in [3.05, 3.63) is 11.6 Å². The van der Waals surface area contributed by atoms with E-state index < -0.39 is 17.4 Å². The first-order valence-corrected chi connectivity index (χ1v) is 5.08. The summed E-state index contributed by atoms with van der Waals surface area (Å²) in [4.78, 5) is 22.1. The topological polar surface area (TPSA) is 116 Å². The number of rotatable bonds is 2. The van der Waals surface area contributed by atoms with Crippen LogP contribution in [0.15, 0.2) is 11.6 Å². The van der Waals surface area contributed by atoms with Gasteiger partial charge in [-0.05, 0) is 25.8 Å². The predicted octanol–water partition coefficient (Wildman–Crippen LogP) is -1.19. The summed E-state index contributed by atoms with van der Waals surface area (Å²) in [6.07, 6.45) is 2.60. The van der Waals surface area contributed by atoms with Gasteiger partial charge in [0.05, 0.1) is 11.7 Å². The normalized spacial score (nSPS) is 30.4. The summed E-state index contributed by atoms with van der Waals surface area (Å²) >= 11 is 0. The largest absolute Gasteiger partial charge is 0.397 e. The Hall–Kier alpha value is -1.40. The number of fused-ring (bicyclic) bond motifs is 2. The number of carbonyl (C=O) groups excluding carboxylic acids is 2. The van der Waals surface area contributed by atoms with Crippen LogP contribution in [0.25, 0.3) is 0 Å². The summed E-state index contributed by atoms with van der Waals surface area (Å²) in [5.41, 5.74) is 9.29. The standard InChI is InChI=1S/C8H10N2O3.C2H6O/c9-6(11)5-3-4-1-2-8(5,13-4)7(10)12;1-2-3/h3-4H,1-2H2,(H2,9,11)(H2,10,12);3H,2H2,1H3. The van der Waals surface area contributed by atoms with Crippen LogP contribution < -0.4 is 11.5 Å². The first kappa shape index (κ1) is 12.7. The minimum Gasteiger partial charge on any atom is -0.397 e. The molecule has 0 aliphatic carbocycles. The van der Waals surface area contributed by atoms with Crippen molar-refractivity contribution in [2.75, 3.05) is 6.61 Å². The van der Waals surface area contributed by atoms with Gasteiger partial charge < -0.3 is 21.3 Å². The molecule has 2 atom stereocenters. The van der Waals surface area contributed by atoms with Crippen LogP contribution in [0, 0.1) is 0 Å². The Labute approximate surface area is 93.2 Å². The lowest BCUT2D eigenvalue weighted by atomic mass is 9.85. The molecule has 2 heterocycles. The minimum absolute atomic E-state index is 0.171. The maximum absolute atomic E-state index is 11.1. The molecule has 1 saturated heterocycles. The molecule has 6 heteroatoms. The monoisotopic (exact) mass is 228 g/mol. The minimum atomic E-state index is -1.23. The molecular weight excluding hydrogens is 212 g/mol. The average Bonchev–Trinajstić information content (AvgIpc) is 2.76. The van der Waals surface area contributed by atoms with Crippen molar-refractivity contribution in [1.82, 2.24) is 0 Å². The first-order valence-electron chi connectivity index (χ1n) is 5.08. The molecule has 0 radical (unpaired) electrons. The van der Waals surface area contributed by atoms with E-state index in [1.807, 2.05) is 0 Å². The maximum Gasteiger partial charge on any atom is 0.254 e. The zero-order valence-corrected chi connectivity index (χ0v) is 9.10. The van der Waals surface area contributed by atoms with E-state index in [4.69, 9.17) is 21.3 Å². The van der Waals surface area contributed by atoms with E-state index in [1.54, 1.807) is 13.0 Å². The summed E-state index contributed by atoms with van der Waals surface area (Å²) < 4.78 is 5.33. The van der Waals surface area contributed by atoms with Gasteiger partial charge in [0, 0.05) is 6.61 Å². The number of primary amides is 2. The van der Waals surface area contributed by atoms with Gasteiger partial charge >= 0.3 is 0 Å². The van der Waals surface area contributed by atoms with E-state index in [1.165, 1.54) is 0 Å². The number of amides is 2. The molecule has 0 spiro atoms. The molecule has 6 nitrogen and oxygen atoms in total. The Kier molecular flexibility index (Phi) is 3.66. The van der Waals surface area contributed by atoms with Crippen molar-refractivity contribution in [3.63, 3.8) is 0 Å². The van der Waals surface area contributed by atoms with Crippen molar-refractivity contribution >= 4 is 11.8 Å². The van der Waals surface area contributed by atoms with E-state index in [0.717, 1.165) is 6.42 Å². The van der Waals surface area contributed by atoms with Crippen LogP contribution in [0.2, 0.25) is 0 Å². The molecule has 2 unspecified atom stereocenters. The molecule has 2 bridgehead atoms. The Balaban J connectivity index is 0.000000386. The van der Waals surface area contributed by atoms with Crippen LogP contribution in [0.1, 0.15) is 19.8 Å². The lowest BCUT2D eigenvalue weighted by molar-refractivity contribution is -0.136. The number of aliphatic hydroxyl groups excluding tert-OH is 1. The predicted molar refractivity (Wildman–Crippen MR) is 56.1 cm³/mol. The molecule has 0 aromatic heterocycles. The van der Waals surface area contributed by atoms with Gasteiger partial charge in [0.2, 0.25) is 5.91 Å². The molecule has 16 heavy (non-hydrogen) atoms. The molecule has 5 N–H and O–H groups in total. The number of hydrogen-bond donors (Lipinski definition) is 3. The van der Waals surface area contributed by atoms with Crippen LogP contribution in [0.4, 0.5) is 0 Å². The zero-order chi connectivity index (χ0) is 12.3. The molecule has 90 valence electrons. The van der Waals surface area contributed by atoms with Crippen molar-refractivity contribution < 1.29 is 19.4 Å². The van der Waals surface area contributed by atoms with Crippen molar-refractivity contribution in [3.8, 4) is 0 Å². The van der Waals surface area contributed by atoms with E-state index in [9.17, 15) is 9.59 Å². The van der Waals surface area contributed by atoms with E-state index in [2.05, 4.69) is 0 Å². The first-order chi connectivity index (χ1) is 7.47. The summed E-state index contributed by atoms with van der Waals surface area (Å²) in [6.45, 7) is 1.93. The van der Waals surface area contributed by atoms with Gasteiger partial charge in [-0.25, -0.2) is 0 Å². The highest BCUT2D eigenvalue weighted by molar-refractivity contribution is 6.04. The third kappa shape index (κ3) is 1.94. The summed E-state index contributed by atoms with van der Waals surface area (Å²) in [7, 11) is 0. The van der Waals surface area contributed by atoms with Crippen LogP contribution >= 0.6 is 0 Å². The van der Waals surface area contributed by atoms with Gasteiger partial charge in [0.1, 0.15) is 0 Å². The van der Waals surface area contributed by atoms with Gasteiger partial charge in [-0.3, -0.25) is 9.59 Å². The summed E-state index contributed by atoms with van der Waals surface area (Å²) in [5.74, 6) is -1.25. The Morgan fingerprint density at radius 1 is 1.62 bits per heavy atom. The summed E-state index contributed by atoms with van der Waals surface area (Å²) in [5, 5.41) is 7.57. The number of ether oxygens (including phenoxy) is 1. The molecule has 0 saturated carbocycles. The molecule has 1 fully saturated rings. The van der Waals surface area contributed by atoms with Crippen molar-refractivity contribution in [2.45, 2.75) is 31.5 Å². The molecular formula is C10H16N2O4. The molecule has 2 aliphatic heterocycles. The highest BCUT2D eigenvalue weighted by Crippen LogP contribution is 2.43. The van der Waals surface area contributed by atoms with E-state index in [-0.39, 0.29) is 18.3 Å². The Morgan fingerprint density at radius 3 is 2.50 bits per heavy atom. The van der Waals surface area contributed by atoms with Crippen LogP contribution in [-0.4, -0.2) is 35.2 Å². The van der Waals surface area contributed by atoms with Gasteiger partial charge in [0.15, 0.2) is 5.60 Å². The van der Waals surface area contributed by atoms with Gasteiger partial charge in [-0.1, -0.05) is 0 Å². The lowest BCUT2D eigenvalue weighted by Gasteiger charge is -2.22. The average molecular weight is 228 g/mol. The molecule has 2 rings (SSSR count). The smallest absolute Gasteiger partial charge is 0.254 e. The third-order valence-corrected chi connectivity index (χ3v) is 2.58. The maximum atomic E-state index is 11.1. The molecule has 0 aromatic carbocycles. The molecule has 0 aromatic rings. The number of carbonyl (C=O) groups is 2. The van der Waals surface area contributed by atoms with Crippen LogP contribution in [0.3, 0.4) is 0 Å². The second-order valence-electron chi connectivity index (χ2n) is 3.65. The second kappa shape index (κ2) is 4.63. The highest BCUT2D eigenvalue weighted by atomic mass is 16.5. The number of nitrogens with two attached hydrogens (primary N) is 2. The van der Waals surface area contributed by atoms with E-state index in [0.29, 0.717) is 6.42 Å². The lowest BCUT2D eigenvalue weighted by Crippen LogP contribution is -2.46. The zero-order valence-electron chi connectivity index (χ0n) is 9.10.